The van der Waals surface area contributed by atoms with Gasteiger partial charge < -0.3 is 10.5 Å². The van der Waals surface area contributed by atoms with E-state index in [0.717, 1.165) is 15.9 Å². The monoisotopic (exact) mass is 550 g/mol. The van der Waals surface area contributed by atoms with Crippen molar-refractivity contribution < 1.29 is 13.5 Å². The summed E-state index contributed by atoms with van der Waals surface area (Å²) in [4.78, 5) is 30.2. The van der Waals surface area contributed by atoms with Gasteiger partial charge in [0.05, 0.1) is 19.2 Å². The van der Waals surface area contributed by atoms with E-state index in [9.17, 15) is 18.4 Å². The number of hydrogen-bond acceptors (Lipinski definition) is 8. The summed E-state index contributed by atoms with van der Waals surface area (Å²) in [6.07, 6.45) is -0.220. The number of fused-ring (bicyclic) bond motifs is 1. The van der Waals surface area contributed by atoms with Crippen LogP contribution >= 0.6 is 11.3 Å². The van der Waals surface area contributed by atoms with Gasteiger partial charge in [0, 0.05) is 28.6 Å². The molecule has 39 heavy (non-hydrogen) atoms. The smallest absolute Gasteiger partial charge is 0.339 e. The molecule has 0 bridgehead atoms. The first-order chi connectivity index (χ1) is 18.7. The Morgan fingerprint density at radius 2 is 1.67 bits per heavy atom. The average Bonchev–Trinajstić information content (AvgIpc) is 3.28. The quantitative estimate of drug-likeness (QED) is 0.308. The normalized spacial score (nSPS) is 11.4. The van der Waals surface area contributed by atoms with E-state index in [1.165, 1.54) is 29.9 Å². The Kier molecular flexibility index (Phi) is 6.98. The number of thiophene rings is 1. The predicted octanol–water partition coefficient (Wildman–Crippen LogP) is 3.65. The van der Waals surface area contributed by atoms with Gasteiger partial charge in [-0.15, -0.1) is 21.5 Å². The number of rotatable bonds is 7. The van der Waals surface area contributed by atoms with Gasteiger partial charge in [0.25, 0.3) is 5.56 Å². The van der Waals surface area contributed by atoms with Crippen LogP contribution in [0.4, 0.5) is 14.5 Å². The molecule has 3 heterocycles. The van der Waals surface area contributed by atoms with Gasteiger partial charge in [-0.25, -0.2) is 22.7 Å². The number of aromatic nitrogens is 4. The number of ether oxygens (including phenoxy) is 1. The second kappa shape index (κ2) is 10.4. The van der Waals surface area contributed by atoms with Crippen LogP contribution in [0.1, 0.15) is 11.1 Å². The highest BCUT2D eigenvalue weighted by Crippen LogP contribution is 2.39. The Bertz CT molecular complexity index is 1770. The van der Waals surface area contributed by atoms with E-state index >= 15 is 0 Å². The third-order valence-electron chi connectivity index (χ3n) is 6.15. The molecular weight excluding hydrogens is 526 g/mol. The largest absolute Gasteiger partial charge is 0.480 e. The molecule has 0 aliphatic carbocycles. The molecule has 9 nitrogen and oxygen atoms in total. The van der Waals surface area contributed by atoms with Gasteiger partial charge in [-0.2, -0.15) is 0 Å². The van der Waals surface area contributed by atoms with Crippen molar-refractivity contribution in [3.63, 3.8) is 0 Å². The number of nitrogens with two attached hydrogens (primary N) is 1. The van der Waals surface area contributed by atoms with Crippen molar-refractivity contribution in [1.29, 1.82) is 0 Å². The van der Waals surface area contributed by atoms with Crippen LogP contribution in [0.2, 0.25) is 0 Å². The molecule has 0 spiro atoms. The molecule has 0 saturated carbocycles. The van der Waals surface area contributed by atoms with E-state index < -0.39 is 22.9 Å². The van der Waals surface area contributed by atoms with E-state index in [0.29, 0.717) is 21.7 Å². The first-order valence-electron chi connectivity index (χ1n) is 11.8. The van der Waals surface area contributed by atoms with Crippen LogP contribution in [0.15, 0.2) is 64.2 Å². The first kappa shape index (κ1) is 26.2. The fraction of sp³-hybridized carbons (Fsp3) is 0.185. The maximum atomic E-state index is 14.8. The number of nitrogen functional groups attached to an aromatic ring is 1. The number of hydrogen-bond donors (Lipinski definition) is 1. The minimum Gasteiger partial charge on any atom is -0.480 e. The fourth-order valence-electron chi connectivity index (χ4n) is 4.32. The maximum Gasteiger partial charge on any atom is 0.339 e. The molecule has 5 rings (SSSR count). The van der Waals surface area contributed by atoms with Crippen LogP contribution in [0.3, 0.4) is 0 Å². The summed E-state index contributed by atoms with van der Waals surface area (Å²) in [6, 6.07) is 13.6. The Morgan fingerprint density at radius 3 is 2.26 bits per heavy atom. The average molecular weight is 551 g/mol. The van der Waals surface area contributed by atoms with E-state index in [2.05, 4.69) is 10.2 Å². The van der Waals surface area contributed by atoms with Crippen molar-refractivity contribution in [1.82, 2.24) is 24.2 Å². The number of nitrogens with zero attached hydrogens (tertiary/aromatic N) is 5. The van der Waals surface area contributed by atoms with Gasteiger partial charge in [-0.3, -0.25) is 9.69 Å². The minimum atomic E-state index is -0.736. The summed E-state index contributed by atoms with van der Waals surface area (Å²) < 4.78 is 37.1. The molecule has 0 saturated heterocycles. The summed E-state index contributed by atoms with van der Waals surface area (Å²) in [5.41, 5.74) is 6.09. The molecule has 200 valence electrons. The molecule has 0 aliphatic rings. The molecule has 12 heteroatoms. The zero-order valence-corrected chi connectivity index (χ0v) is 22.1. The van der Waals surface area contributed by atoms with Crippen molar-refractivity contribution in [2.45, 2.75) is 13.1 Å². The molecular formula is C27H24F2N6O3S. The molecule has 0 radical (unpaired) electrons. The standard InChI is InChI=1S/C27H24F2N6O3S/c1-33(2)14-34-25(36)23-18(13-17-19(28)5-4-6-20(17)29)24(15-7-9-16(30)10-8-15)39-26(23)35(27(34)37)21-11-12-22(38-3)32-31-21/h4-12H,13-14,30H2,1-3H3. The Balaban J connectivity index is 1.91. The Morgan fingerprint density at radius 1 is 0.974 bits per heavy atom. The second-order valence-corrected chi connectivity index (χ2v) is 10.1. The molecule has 2 aromatic carbocycles. The predicted molar refractivity (Wildman–Crippen MR) is 147 cm³/mol. The lowest BCUT2D eigenvalue weighted by Gasteiger charge is -2.15. The number of benzene rings is 2. The van der Waals surface area contributed by atoms with Crippen molar-refractivity contribution in [3.05, 3.63) is 98.2 Å². The van der Waals surface area contributed by atoms with Crippen LogP contribution in [-0.4, -0.2) is 45.4 Å². The van der Waals surface area contributed by atoms with Crippen molar-refractivity contribution in [2.75, 3.05) is 26.9 Å². The van der Waals surface area contributed by atoms with E-state index in [4.69, 9.17) is 10.5 Å². The lowest BCUT2D eigenvalue weighted by atomic mass is 9.99. The molecule has 0 unspecified atom stereocenters. The Hall–Kier alpha value is -4.42. The van der Waals surface area contributed by atoms with Crippen molar-refractivity contribution >= 4 is 27.2 Å². The van der Waals surface area contributed by atoms with Crippen molar-refractivity contribution in [3.8, 4) is 22.1 Å². The second-order valence-electron chi connectivity index (χ2n) is 9.10. The van der Waals surface area contributed by atoms with Gasteiger partial charge in [-0.05, 0) is 55.6 Å². The molecule has 0 amide bonds. The van der Waals surface area contributed by atoms with Crippen LogP contribution < -0.4 is 21.7 Å². The van der Waals surface area contributed by atoms with Gasteiger partial charge in [0.15, 0.2) is 5.82 Å². The first-order valence-corrected chi connectivity index (χ1v) is 12.6. The van der Waals surface area contributed by atoms with E-state index in [1.807, 2.05) is 0 Å². The van der Waals surface area contributed by atoms with Crippen LogP contribution in [0, 0.1) is 11.6 Å². The summed E-state index contributed by atoms with van der Waals surface area (Å²) in [6.45, 7) is -0.0300. The molecule has 2 N–H and O–H groups in total. The van der Waals surface area contributed by atoms with Crippen LogP contribution in [0.25, 0.3) is 26.5 Å². The van der Waals surface area contributed by atoms with Crippen LogP contribution in [-0.2, 0) is 13.1 Å². The van der Waals surface area contributed by atoms with E-state index in [1.54, 1.807) is 55.4 Å². The van der Waals surface area contributed by atoms with Gasteiger partial charge in [-0.1, -0.05) is 18.2 Å². The summed E-state index contributed by atoms with van der Waals surface area (Å²) in [7, 11) is 4.88. The Labute approximate surface area is 225 Å². The zero-order chi connectivity index (χ0) is 27.8. The molecule has 3 aromatic heterocycles. The van der Waals surface area contributed by atoms with Gasteiger partial charge >= 0.3 is 5.69 Å². The lowest BCUT2D eigenvalue weighted by Crippen LogP contribution is -2.42. The van der Waals surface area contributed by atoms with Crippen LogP contribution in [0.5, 0.6) is 5.88 Å². The summed E-state index contributed by atoms with van der Waals surface area (Å²) >= 11 is 1.15. The molecule has 5 aromatic rings. The summed E-state index contributed by atoms with van der Waals surface area (Å²) in [5.74, 6) is -1.07. The third kappa shape index (κ3) is 4.79. The van der Waals surface area contributed by atoms with E-state index in [-0.39, 0.29) is 40.6 Å². The molecule has 0 fully saturated rings. The maximum absolute atomic E-state index is 14.8. The highest BCUT2D eigenvalue weighted by atomic mass is 32.1. The number of anilines is 1. The van der Waals surface area contributed by atoms with Gasteiger partial charge in [0.2, 0.25) is 5.88 Å². The SMILES string of the molecule is COc1ccc(-n2c(=O)n(CN(C)C)c(=O)c3c(Cc4c(F)cccc4F)c(-c4ccc(N)cc4)sc32)nn1. The highest BCUT2D eigenvalue weighted by Gasteiger charge is 2.26. The molecule has 0 aliphatic heterocycles. The highest BCUT2D eigenvalue weighted by molar-refractivity contribution is 7.22. The van der Waals surface area contributed by atoms with Crippen molar-refractivity contribution in [2.24, 2.45) is 0 Å². The zero-order valence-electron chi connectivity index (χ0n) is 21.3. The lowest BCUT2D eigenvalue weighted by molar-refractivity contribution is 0.312. The number of methoxy groups -OCH3 is 1. The summed E-state index contributed by atoms with van der Waals surface area (Å²) in [5, 5.41) is 8.29. The number of halogens is 2. The topological polar surface area (TPSA) is 108 Å². The third-order valence-corrected chi connectivity index (χ3v) is 7.42. The fourth-order valence-corrected chi connectivity index (χ4v) is 5.64. The minimum absolute atomic E-state index is 0.0300. The van der Waals surface area contributed by atoms with Gasteiger partial charge in [0.1, 0.15) is 16.5 Å². The molecule has 0 atom stereocenters.